The van der Waals surface area contributed by atoms with Crippen LogP contribution in [0.15, 0.2) is 231 Å². The number of aryl methyl sites for hydroxylation is 2. The highest BCUT2D eigenvalue weighted by Crippen LogP contribution is 2.38. The lowest BCUT2D eigenvalue weighted by Gasteiger charge is -2.34. The van der Waals surface area contributed by atoms with Gasteiger partial charge in [-0.3, -0.25) is 0 Å². The first kappa shape index (κ1) is 38.9. The summed E-state index contributed by atoms with van der Waals surface area (Å²) in [4.78, 5) is 15.8. The molecular formula is C59H44N4Si. The molecule has 0 unspecified atom stereocenters. The van der Waals surface area contributed by atoms with Gasteiger partial charge in [0.25, 0.3) is 0 Å². The monoisotopic (exact) mass is 836 g/mol. The zero-order chi connectivity index (χ0) is 43.0. The van der Waals surface area contributed by atoms with Crippen LogP contribution in [0.3, 0.4) is 0 Å². The molecule has 0 saturated heterocycles. The molecule has 0 aliphatic heterocycles. The maximum atomic E-state index is 5.35. The van der Waals surface area contributed by atoms with Crippen molar-refractivity contribution in [3.63, 3.8) is 0 Å². The predicted molar refractivity (Wildman–Crippen MR) is 269 cm³/mol. The van der Waals surface area contributed by atoms with Gasteiger partial charge in [-0.05, 0) is 82.1 Å². The normalized spacial score (nSPS) is 11.6. The van der Waals surface area contributed by atoms with Crippen molar-refractivity contribution in [3.8, 4) is 51.0 Å². The van der Waals surface area contributed by atoms with Gasteiger partial charge < -0.3 is 4.57 Å². The predicted octanol–water partition coefficient (Wildman–Crippen LogP) is 11.6. The Balaban J connectivity index is 1.21. The standard InChI is InChI=1S/C59H44N4Si/c1-41-31-35-55-52(37-41)53-38-42(2)32-36-56(53)63(55)46-33-34-51(54(40-46)59-61-57(43-19-8-3-9-20-43)60-58(62-59)44-21-10-4-11-22-44)45-23-18-30-50(39-45)64(47-24-12-5-13-25-47,48-26-14-6-15-27-48)49-28-16-7-17-29-49/h3-40H,1-2H3. The first-order valence-electron chi connectivity index (χ1n) is 21.9. The second kappa shape index (κ2) is 16.4. The number of hydrogen-bond acceptors (Lipinski definition) is 3. The smallest absolute Gasteiger partial charge is 0.179 e. The average Bonchev–Trinajstić information content (AvgIpc) is 3.68. The number of benzene rings is 9. The van der Waals surface area contributed by atoms with Crippen LogP contribution in [-0.4, -0.2) is 27.6 Å². The summed E-state index contributed by atoms with van der Waals surface area (Å²) >= 11 is 0. The average molecular weight is 837 g/mol. The van der Waals surface area contributed by atoms with Gasteiger partial charge in [0.15, 0.2) is 25.5 Å². The van der Waals surface area contributed by atoms with Gasteiger partial charge >= 0.3 is 0 Å². The largest absolute Gasteiger partial charge is 0.309 e. The third-order valence-electron chi connectivity index (χ3n) is 12.5. The van der Waals surface area contributed by atoms with Crippen LogP contribution in [0.2, 0.25) is 0 Å². The molecule has 304 valence electrons. The molecule has 2 heterocycles. The second-order valence-corrected chi connectivity index (χ2v) is 20.4. The van der Waals surface area contributed by atoms with Gasteiger partial charge in [0, 0.05) is 33.2 Å². The van der Waals surface area contributed by atoms with E-state index < -0.39 is 8.07 Å². The van der Waals surface area contributed by atoms with Crippen molar-refractivity contribution < 1.29 is 0 Å². The van der Waals surface area contributed by atoms with Crippen LogP contribution in [0.25, 0.3) is 72.8 Å². The molecule has 11 aromatic rings. The molecule has 0 aliphatic carbocycles. The van der Waals surface area contributed by atoms with Gasteiger partial charge in [-0.1, -0.05) is 205 Å². The molecule has 2 aromatic heterocycles. The van der Waals surface area contributed by atoms with Crippen molar-refractivity contribution in [2.75, 3.05) is 0 Å². The lowest BCUT2D eigenvalue weighted by atomic mass is 9.98. The summed E-state index contributed by atoms with van der Waals surface area (Å²) in [6.45, 7) is 4.33. The summed E-state index contributed by atoms with van der Waals surface area (Å²) in [5.74, 6) is 1.86. The molecule has 0 amide bonds. The summed E-state index contributed by atoms with van der Waals surface area (Å²) in [7, 11) is -2.84. The van der Waals surface area contributed by atoms with Crippen molar-refractivity contribution >= 4 is 50.6 Å². The highest BCUT2D eigenvalue weighted by molar-refractivity contribution is 7.19. The van der Waals surface area contributed by atoms with E-state index in [1.54, 1.807) is 0 Å². The fraction of sp³-hybridized carbons (Fsp3) is 0.0339. The van der Waals surface area contributed by atoms with E-state index >= 15 is 0 Å². The number of fused-ring (bicyclic) bond motifs is 3. The first-order chi connectivity index (χ1) is 31.5. The number of hydrogen-bond donors (Lipinski definition) is 0. The number of rotatable bonds is 9. The topological polar surface area (TPSA) is 43.6 Å². The van der Waals surface area contributed by atoms with Crippen molar-refractivity contribution in [1.82, 2.24) is 19.5 Å². The lowest BCUT2D eigenvalue weighted by Crippen LogP contribution is -2.74. The van der Waals surface area contributed by atoms with Crippen molar-refractivity contribution in [2.45, 2.75) is 13.8 Å². The fourth-order valence-corrected chi connectivity index (χ4v) is 14.3. The van der Waals surface area contributed by atoms with E-state index in [0.29, 0.717) is 17.5 Å². The Morgan fingerprint density at radius 3 is 1.23 bits per heavy atom. The van der Waals surface area contributed by atoms with E-state index in [0.717, 1.165) is 44.5 Å². The Labute approximate surface area is 374 Å². The van der Waals surface area contributed by atoms with Crippen molar-refractivity contribution in [2.24, 2.45) is 0 Å². The maximum Gasteiger partial charge on any atom is 0.179 e. The van der Waals surface area contributed by atoms with Crippen LogP contribution in [0.1, 0.15) is 11.1 Å². The third kappa shape index (κ3) is 6.83. The molecule has 9 aromatic carbocycles. The van der Waals surface area contributed by atoms with E-state index in [1.165, 1.54) is 42.6 Å². The van der Waals surface area contributed by atoms with Gasteiger partial charge in [-0.2, -0.15) is 0 Å². The molecule has 0 aliphatic rings. The van der Waals surface area contributed by atoms with E-state index in [2.05, 4.69) is 213 Å². The molecule has 0 atom stereocenters. The van der Waals surface area contributed by atoms with E-state index in [-0.39, 0.29) is 0 Å². The minimum atomic E-state index is -2.84. The first-order valence-corrected chi connectivity index (χ1v) is 23.9. The van der Waals surface area contributed by atoms with Crippen LogP contribution < -0.4 is 20.7 Å². The van der Waals surface area contributed by atoms with Crippen LogP contribution in [0.5, 0.6) is 0 Å². The molecular weight excluding hydrogens is 793 g/mol. The highest BCUT2D eigenvalue weighted by Gasteiger charge is 2.41. The summed E-state index contributed by atoms with van der Waals surface area (Å²) < 4.78 is 2.39. The van der Waals surface area contributed by atoms with Gasteiger partial charge in [-0.25, -0.2) is 15.0 Å². The van der Waals surface area contributed by atoms with Gasteiger partial charge in [0.1, 0.15) is 0 Å². The molecule has 0 N–H and O–H groups in total. The molecule has 4 nitrogen and oxygen atoms in total. The summed E-state index contributed by atoms with van der Waals surface area (Å²) in [6, 6.07) is 83.3. The molecule has 0 spiro atoms. The van der Waals surface area contributed by atoms with Crippen molar-refractivity contribution in [3.05, 3.63) is 242 Å². The Morgan fingerprint density at radius 2 is 0.750 bits per heavy atom. The lowest BCUT2D eigenvalue weighted by molar-refractivity contribution is 1.07. The quantitative estimate of drug-likeness (QED) is 0.107. The van der Waals surface area contributed by atoms with Gasteiger partial charge in [0.05, 0.1) is 11.0 Å². The summed E-state index contributed by atoms with van der Waals surface area (Å²) in [5, 5.41) is 7.75. The zero-order valence-corrected chi connectivity index (χ0v) is 36.7. The minimum Gasteiger partial charge on any atom is -0.309 e. The number of aromatic nitrogens is 4. The van der Waals surface area contributed by atoms with E-state index in [9.17, 15) is 0 Å². The molecule has 64 heavy (non-hydrogen) atoms. The molecule has 0 fully saturated rings. The molecule has 11 rings (SSSR count). The fourth-order valence-electron chi connectivity index (χ4n) is 9.55. The Hall–Kier alpha value is -7.99. The molecule has 0 saturated carbocycles. The number of nitrogens with zero attached hydrogens (tertiary/aromatic N) is 4. The highest BCUT2D eigenvalue weighted by atomic mass is 28.3. The van der Waals surface area contributed by atoms with Crippen LogP contribution in [0.4, 0.5) is 0 Å². The van der Waals surface area contributed by atoms with Crippen molar-refractivity contribution in [1.29, 1.82) is 0 Å². The Kier molecular flexibility index (Phi) is 9.95. The van der Waals surface area contributed by atoms with Crippen LogP contribution in [-0.2, 0) is 0 Å². The Morgan fingerprint density at radius 1 is 0.328 bits per heavy atom. The van der Waals surface area contributed by atoms with Crippen LogP contribution in [0, 0.1) is 13.8 Å². The molecule has 5 heteroatoms. The summed E-state index contributed by atoms with van der Waals surface area (Å²) in [5.41, 5.74) is 10.7. The zero-order valence-electron chi connectivity index (χ0n) is 35.7. The third-order valence-corrected chi connectivity index (χ3v) is 17.3. The van der Waals surface area contributed by atoms with Gasteiger partial charge in [-0.15, -0.1) is 0 Å². The SMILES string of the molecule is Cc1ccc2c(c1)c1cc(C)ccc1n2-c1ccc(-c2cccc([Si](c3ccccc3)(c3ccccc3)c3ccccc3)c2)c(-c2nc(-c3ccccc3)nc(-c3ccccc3)n2)c1. The summed E-state index contributed by atoms with van der Waals surface area (Å²) in [6.07, 6.45) is 0. The minimum absolute atomic E-state index is 0.611. The van der Waals surface area contributed by atoms with Gasteiger partial charge in [0.2, 0.25) is 0 Å². The molecule has 0 bridgehead atoms. The Bertz CT molecular complexity index is 3230. The second-order valence-electron chi connectivity index (χ2n) is 16.6. The molecule has 0 radical (unpaired) electrons. The maximum absolute atomic E-state index is 5.35. The van der Waals surface area contributed by atoms with Crippen LogP contribution >= 0.6 is 0 Å². The van der Waals surface area contributed by atoms with E-state index in [4.69, 9.17) is 15.0 Å². The van der Waals surface area contributed by atoms with E-state index in [1.807, 2.05) is 36.4 Å².